The summed E-state index contributed by atoms with van der Waals surface area (Å²) in [6.07, 6.45) is 2.62. The van der Waals surface area contributed by atoms with Gasteiger partial charge in [-0.3, -0.25) is 9.59 Å². The molecule has 1 saturated heterocycles. The molecule has 0 bridgehead atoms. The van der Waals surface area contributed by atoms with Gasteiger partial charge in [-0.25, -0.2) is 9.59 Å². The molecule has 1 saturated carbocycles. The van der Waals surface area contributed by atoms with Crippen molar-refractivity contribution < 1.29 is 28.7 Å². The quantitative estimate of drug-likeness (QED) is 0.554. The highest BCUT2D eigenvalue weighted by atomic mass is 16.6. The van der Waals surface area contributed by atoms with Gasteiger partial charge in [0.15, 0.2) is 17.7 Å². The molecule has 0 amide bonds. The summed E-state index contributed by atoms with van der Waals surface area (Å²) in [7, 11) is 0. The molecule has 0 N–H and O–H groups in total. The molecule has 0 radical (unpaired) electrons. The molecule has 0 aromatic carbocycles. The van der Waals surface area contributed by atoms with Crippen molar-refractivity contribution in [1.82, 2.24) is 0 Å². The number of ketones is 2. The van der Waals surface area contributed by atoms with E-state index in [4.69, 9.17) is 9.47 Å². The molecule has 3 rings (SSSR count). The number of Topliss-reactive ketones (excluding diaryl/α,β-unsaturated/α-hetero) is 1. The van der Waals surface area contributed by atoms with E-state index >= 15 is 0 Å². The number of hydrogen-bond acceptors (Lipinski definition) is 6. The second-order valence-corrected chi connectivity index (χ2v) is 7.40. The van der Waals surface area contributed by atoms with Crippen LogP contribution >= 0.6 is 0 Å². The highest BCUT2D eigenvalue weighted by Gasteiger charge is 2.64. The zero-order valence-corrected chi connectivity index (χ0v) is 15.3. The van der Waals surface area contributed by atoms with Gasteiger partial charge in [0.2, 0.25) is 0 Å². The average Bonchev–Trinajstić information content (AvgIpc) is 3.06. The monoisotopic (exact) mass is 358 g/mol. The molecule has 1 heterocycles. The summed E-state index contributed by atoms with van der Waals surface area (Å²) in [6.45, 7) is 10.4. The summed E-state index contributed by atoms with van der Waals surface area (Å²) in [6, 6.07) is 0. The van der Waals surface area contributed by atoms with Crippen LogP contribution in [0.2, 0.25) is 0 Å². The van der Waals surface area contributed by atoms with Crippen molar-refractivity contribution in [3.05, 3.63) is 36.0 Å². The van der Waals surface area contributed by atoms with E-state index in [2.05, 4.69) is 6.58 Å². The van der Waals surface area contributed by atoms with Gasteiger partial charge in [0.1, 0.15) is 6.10 Å². The average molecular weight is 358 g/mol. The Morgan fingerprint density at radius 2 is 2.00 bits per heavy atom. The Labute approximate surface area is 151 Å². The van der Waals surface area contributed by atoms with Crippen LogP contribution in [0.5, 0.6) is 0 Å². The minimum atomic E-state index is -1.16. The molecule has 3 aliphatic rings. The molecule has 6 atom stereocenters. The van der Waals surface area contributed by atoms with Gasteiger partial charge >= 0.3 is 11.9 Å². The fraction of sp³-hybridized carbons (Fsp3) is 0.500. The Morgan fingerprint density at radius 3 is 2.62 bits per heavy atom. The van der Waals surface area contributed by atoms with Crippen molar-refractivity contribution >= 4 is 23.5 Å². The van der Waals surface area contributed by atoms with Crippen molar-refractivity contribution in [1.29, 1.82) is 0 Å². The highest BCUT2D eigenvalue weighted by molar-refractivity contribution is 6.04. The summed E-state index contributed by atoms with van der Waals surface area (Å²) >= 11 is 0. The van der Waals surface area contributed by atoms with Gasteiger partial charge in [0, 0.05) is 23.0 Å². The second-order valence-electron chi connectivity index (χ2n) is 7.40. The van der Waals surface area contributed by atoms with E-state index in [1.807, 2.05) is 0 Å². The molecule has 2 fully saturated rings. The molecular weight excluding hydrogens is 336 g/mol. The van der Waals surface area contributed by atoms with Gasteiger partial charge in [-0.2, -0.15) is 0 Å². The molecular formula is C20H22O6. The second kappa shape index (κ2) is 6.04. The molecule has 6 nitrogen and oxygen atoms in total. The van der Waals surface area contributed by atoms with Gasteiger partial charge in [0.05, 0.1) is 11.3 Å². The number of allylic oxidation sites excluding steroid dienone is 3. The van der Waals surface area contributed by atoms with E-state index in [0.29, 0.717) is 5.57 Å². The van der Waals surface area contributed by atoms with E-state index in [1.54, 1.807) is 39.8 Å². The number of carbonyl (C=O) groups is 4. The van der Waals surface area contributed by atoms with E-state index in [9.17, 15) is 19.2 Å². The van der Waals surface area contributed by atoms with Crippen molar-refractivity contribution in [2.45, 2.75) is 39.9 Å². The van der Waals surface area contributed by atoms with Gasteiger partial charge in [-0.15, -0.1) is 0 Å². The SMILES string of the molecule is C=C1C(=O)O[C@@H]2C(=O)[C@@H](C)[C@H]3C=CC(=O)[C@@]3(C)[C@@H](OC(=O)/C(C)=C\C)[C@H]12. The molecule has 2 aliphatic carbocycles. The first kappa shape index (κ1) is 18.3. The van der Waals surface area contributed by atoms with Crippen LogP contribution in [0.25, 0.3) is 0 Å². The number of rotatable bonds is 2. The fourth-order valence-electron chi connectivity index (χ4n) is 4.24. The number of esters is 2. The Bertz CT molecular complexity index is 788. The zero-order chi connectivity index (χ0) is 19.4. The van der Waals surface area contributed by atoms with Crippen LogP contribution in [0, 0.1) is 23.2 Å². The summed E-state index contributed by atoms with van der Waals surface area (Å²) < 4.78 is 11.0. The lowest BCUT2D eigenvalue weighted by Gasteiger charge is -2.39. The van der Waals surface area contributed by atoms with Gasteiger partial charge in [-0.05, 0) is 26.8 Å². The van der Waals surface area contributed by atoms with Crippen LogP contribution in [0.15, 0.2) is 36.0 Å². The van der Waals surface area contributed by atoms with Gasteiger partial charge in [0.25, 0.3) is 0 Å². The molecule has 26 heavy (non-hydrogen) atoms. The number of ether oxygens (including phenoxy) is 2. The van der Waals surface area contributed by atoms with Crippen molar-refractivity contribution in [2.75, 3.05) is 0 Å². The predicted octanol–water partition coefficient (Wildman–Crippen LogP) is 1.94. The predicted molar refractivity (Wildman–Crippen MR) is 91.7 cm³/mol. The van der Waals surface area contributed by atoms with E-state index in [-0.39, 0.29) is 17.1 Å². The third-order valence-electron chi connectivity index (χ3n) is 6.08. The molecule has 0 aromatic heterocycles. The number of hydrogen-bond donors (Lipinski definition) is 0. The highest BCUT2D eigenvalue weighted by Crippen LogP contribution is 2.53. The normalized spacial score (nSPS) is 39.4. The topological polar surface area (TPSA) is 86.7 Å². The van der Waals surface area contributed by atoms with Crippen LogP contribution in [0.1, 0.15) is 27.7 Å². The third kappa shape index (κ3) is 2.31. The fourth-order valence-corrected chi connectivity index (χ4v) is 4.24. The van der Waals surface area contributed by atoms with Crippen LogP contribution < -0.4 is 0 Å². The Kier molecular flexibility index (Phi) is 4.25. The first-order valence-electron chi connectivity index (χ1n) is 8.64. The first-order chi connectivity index (χ1) is 12.1. The summed E-state index contributed by atoms with van der Waals surface area (Å²) in [5.74, 6) is -3.66. The van der Waals surface area contributed by atoms with Crippen LogP contribution in [-0.2, 0) is 28.7 Å². The van der Waals surface area contributed by atoms with Gasteiger partial charge < -0.3 is 9.47 Å². The standard InChI is InChI=1S/C20H22O6/c1-6-9(2)18(23)26-17-14-11(4)19(24)25-16(14)15(22)10(3)12-7-8-13(21)20(12,17)5/h6-8,10,12,14,16-17H,4H2,1-3,5H3/b9-6-/t10-,12+,14+,16-,17-,20-/m0/s1. The van der Waals surface area contributed by atoms with Crippen molar-refractivity contribution in [2.24, 2.45) is 23.2 Å². The van der Waals surface area contributed by atoms with Gasteiger partial charge in [-0.1, -0.05) is 25.7 Å². The van der Waals surface area contributed by atoms with Crippen molar-refractivity contribution in [3.63, 3.8) is 0 Å². The summed E-state index contributed by atoms with van der Waals surface area (Å²) in [5.41, 5.74) is -0.720. The van der Waals surface area contributed by atoms with Crippen LogP contribution in [-0.4, -0.2) is 35.7 Å². The molecule has 0 spiro atoms. The summed E-state index contributed by atoms with van der Waals surface area (Å²) in [4.78, 5) is 50.2. The number of carbonyl (C=O) groups excluding carboxylic acids is 4. The maximum atomic E-state index is 12.9. The van der Waals surface area contributed by atoms with Crippen molar-refractivity contribution in [3.8, 4) is 0 Å². The lowest BCUT2D eigenvalue weighted by atomic mass is 9.67. The Balaban J connectivity index is 2.15. The molecule has 138 valence electrons. The minimum absolute atomic E-state index is 0.0630. The summed E-state index contributed by atoms with van der Waals surface area (Å²) in [5, 5.41) is 0. The maximum Gasteiger partial charge on any atom is 0.334 e. The smallest absolute Gasteiger partial charge is 0.334 e. The third-order valence-corrected chi connectivity index (χ3v) is 6.08. The Morgan fingerprint density at radius 1 is 1.35 bits per heavy atom. The molecule has 0 unspecified atom stereocenters. The van der Waals surface area contributed by atoms with Crippen LogP contribution in [0.4, 0.5) is 0 Å². The first-order valence-corrected chi connectivity index (χ1v) is 8.64. The lowest BCUT2D eigenvalue weighted by Crippen LogP contribution is -2.49. The maximum absolute atomic E-state index is 12.9. The molecule has 6 heteroatoms. The van der Waals surface area contributed by atoms with Crippen LogP contribution in [0.3, 0.4) is 0 Å². The Hall–Kier alpha value is -2.50. The van der Waals surface area contributed by atoms with E-state index in [1.165, 1.54) is 6.08 Å². The lowest BCUT2D eigenvalue weighted by molar-refractivity contribution is -0.161. The molecule has 0 aromatic rings. The van der Waals surface area contributed by atoms with E-state index in [0.717, 1.165) is 0 Å². The zero-order valence-electron chi connectivity index (χ0n) is 15.3. The minimum Gasteiger partial charge on any atom is -0.457 e. The number of fused-ring (bicyclic) bond motifs is 2. The van der Waals surface area contributed by atoms with E-state index < -0.39 is 47.3 Å². The largest absolute Gasteiger partial charge is 0.457 e. The molecule has 1 aliphatic heterocycles.